The van der Waals surface area contributed by atoms with Gasteiger partial charge in [0.1, 0.15) is 5.56 Å². The lowest BCUT2D eigenvalue weighted by Crippen LogP contribution is -2.16. The van der Waals surface area contributed by atoms with Crippen molar-refractivity contribution in [2.45, 2.75) is 25.7 Å². The van der Waals surface area contributed by atoms with Gasteiger partial charge in [-0.3, -0.25) is 9.52 Å². The number of amides is 1. The SMILES string of the molecule is CCOC(=O)c1c(C)[nH]c(-c2ccccc2)c1NS(=O)(=O)c1ccc(NC(C)=O)cc1. The number of anilines is 2. The van der Waals surface area contributed by atoms with Crippen LogP contribution in [0.2, 0.25) is 0 Å². The summed E-state index contributed by atoms with van der Waals surface area (Å²) < 4.78 is 33.9. The van der Waals surface area contributed by atoms with Crippen LogP contribution in [0.15, 0.2) is 59.5 Å². The molecule has 9 heteroatoms. The van der Waals surface area contributed by atoms with Crippen molar-refractivity contribution in [2.75, 3.05) is 16.6 Å². The summed E-state index contributed by atoms with van der Waals surface area (Å²) >= 11 is 0. The summed E-state index contributed by atoms with van der Waals surface area (Å²) in [7, 11) is -4.04. The largest absolute Gasteiger partial charge is 0.462 e. The van der Waals surface area contributed by atoms with E-state index in [1.165, 1.54) is 31.2 Å². The summed E-state index contributed by atoms with van der Waals surface area (Å²) in [5.41, 5.74) is 2.36. The molecule has 3 N–H and O–H groups in total. The van der Waals surface area contributed by atoms with E-state index in [2.05, 4.69) is 15.0 Å². The van der Waals surface area contributed by atoms with Gasteiger partial charge in [-0.15, -0.1) is 0 Å². The molecule has 1 amide bonds. The second kappa shape index (κ2) is 9.05. The number of aryl methyl sites for hydroxylation is 1. The van der Waals surface area contributed by atoms with Crippen molar-refractivity contribution >= 4 is 33.3 Å². The molecule has 0 aliphatic carbocycles. The van der Waals surface area contributed by atoms with Crippen molar-refractivity contribution in [2.24, 2.45) is 0 Å². The van der Waals surface area contributed by atoms with Gasteiger partial charge in [0.2, 0.25) is 5.91 Å². The van der Waals surface area contributed by atoms with Gasteiger partial charge in [0, 0.05) is 23.9 Å². The Morgan fingerprint density at radius 2 is 1.68 bits per heavy atom. The maximum atomic E-state index is 13.1. The maximum Gasteiger partial charge on any atom is 0.342 e. The first kappa shape index (κ1) is 22.1. The van der Waals surface area contributed by atoms with Crippen molar-refractivity contribution < 1.29 is 22.7 Å². The monoisotopic (exact) mass is 441 g/mol. The molecular formula is C22H23N3O5S. The van der Waals surface area contributed by atoms with E-state index < -0.39 is 16.0 Å². The number of rotatable bonds is 7. The number of ether oxygens (including phenoxy) is 1. The number of hydrogen-bond donors (Lipinski definition) is 3. The summed E-state index contributed by atoms with van der Waals surface area (Å²) in [5, 5.41) is 2.58. The fourth-order valence-electron chi connectivity index (χ4n) is 3.12. The Labute approximate surface area is 180 Å². The molecule has 162 valence electrons. The smallest absolute Gasteiger partial charge is 0.342 e. The quantitative estimate of drug-likeness (QED) is 0.480. The van der Waals surface area contributed by atoms with Gasteiger partial charge in [-0.2, -0.15) is 0 Å². The highest BCUT2D eigenvalue weighted by Crippen LogP contribution is 2.35. The van der Waals surface area contributed by atoms with E-state index in [1.54, 1.807) is 26.0 Å². The Balaban J connectivity index is 2.06. The molecule has 0 radical (unpaired) electrons. The minimum atomic E-state index is -4.04. The van der Waals surface area contributed by atoms with Crippen molar-refractivity contribution in [3.63, 3.8) is 0 Å². The highest BCUT2D eigenvalue weighted by atomic mass is 32.2. The van der Waals surface area contributed by atoms with E-state index in [9.17, 15) is 18.0 Å². The number of aromatic amines is 1. The van der Waals surface area contributed by atoms with Crippen molar-refractivity contribution in [3.05, 3.63) is 65.9 Å². The minimum absolute atomic E-state index is 0.0192. The lowest BCUT2D eigenvalue weighted by Gasteiger charge is -2.12. The molecule has 0 saturated heterocycles. The lowest BCUT2D eigenvalue weighted by molar-refractivity contribution is -0.114. The average molecular weight is 442 g/mol. The van der Waals surface area contributed by atoms with E-state index in [4.69, 9.17) is 4.74 Å². The number of H-pyrrole nitrogens is 1. The molecule has 0 unspecified atom stereocenters. The van der Waals surface area contributed by atoms with Gasteiger partial charge >= 0.3 is 5.97 Å². The third-order valence-corrected chi connectivity index (χ3v) is 5.82. The number of sulfonamides is 1. The van der Waals surface area contributed by atoms with E-state index in [1.807, 2.05) is 18.2 Å². The molecular weight excluding hydrogens is 418 g/mol. The topological polar surface area (TPSA) is 117 Å². The molecule has 0 bridgehead atoms. The Morgan fingerprint density at radius 1 is 1.03 bits per heavy atom. The number of carbonyl (C=O) groups is 2. The molecule has 8 nitrogen and oxygen atoms in total. The number of benzene rings is 2. The second-order valence-corrected chi connectivity index (χ2v) is 8.45. The van der Waals surface area contributed by atoms with Gasteiger partial charge in [0.05, 0.1) is 22.9 Å². The Kier molecular flexibility index (Phi) is 6.45. The van der Waals surface area contributed by atoms with Crippen LogP contribution in [0.4, 0.5) is 11.4 Å². The third kappa shape index (κ3) is 4.95. The van der Waals surface area contributed by atoms with Crippen LogP contribution in [0.3, 0.4) is 0 Å². The van der Waals surface area contributed by atoms with Gasteiger partial charge in [0.15, 0.2) is 0 Å². The normalized spacial score (nSPS) is 11.1. The van der Waals surface area contributed by atoms with Crippen LogP contribution >= 0.6 is 0 Å². The fraction of sp³-hybridized carbons (Fsp3) is 0.182. The number of aromatic nitrogens is 1. The summed E-state index contributed by atoms with van der Waals surface area (Å²) in [4.78, 5) is 26.8. The van der Waals surface area contributed by atoms with Crippen LogP contribution in [0, 0.1) is 6.92 Å². The zero-order valence-electron chi connectivity index (χ0n) is 17.4. The molecule has 0 aliphatic rings. The summed E-state index contributed by atoms with van der Waals surface area (Å²) in [5.74, 6) is -0.889. The van der Waals surface area contributed by atoms with Gasteiger partial charge < -0.3 is 15.0 Å². The second-order valence-electron chi connectivity index (χ2n) is 6.77. The molecule has 31 heavy (non-hydrogen) atoms. The molecule has 0 spiro atoms. The highest BCUT2D eigenvalue weighted by Gasteiger charge is 2.27. The van der Waals surface area contributed by atoms with Crippen LogP contribution in [-0.2, 0) is 19.6 Å². The highest BCUT2D eigenvalue weighted by molar-refractivity contribution is 7.92. The van der Waals surface area contributed by atoms with Gasteiger partial charge in [-0.1, -0.05) is 30.3 Å². The first-order valence-electron chi connectivity index (χ1n) is 9.58. The number of carbonyl (C=O) groups excluding carboxylic acids is 2. The summed E-state index contributed by atoms with van der Waals surface area (Å²) in [6.07, 6.45) is 0. The zero-order chi connectivity index (χ0) is 22.6. The van der Waals surface area contributed by atoms with Crippen LogP contribution in [0.1, 0.15) is 29.9 Å². The van der Waals surface area contributed by atoms with Crippen LogP contribution in [-0.4, -0.2) is 31.9 Å². The molecule has 0 saturated carbocycles. The summed E-state index contributed by atoms with van der Waals surface area (Å²) in [6.45, 7) is 4.88. The molecule has 0 aliphatic heterocycles. The van der Waals surface area contributed by atoms with Crippen molar-refractivity contribution in [3.8, 4) is 11.3 Å². The Morgan fingerprint density at radius 3 is 2.26 bits per heavy atom. The Bertz CT molecular complexity index is 1200. The minimum Gasteiger partial charge on any atom is -0.462 e. The fourth-order valence-corrected chi connectivity index (χ4v) is 4.21. The first-order chi connectivity index (χ1) is 14.7. The van der Waals surface area contributed by atoms with Crippen LogP contribution < -0.4 is 10.0 Å². The summed E-state index contributed by atoms with van der Waals surface area (Å²) in [6, 6.07) is 14.8. The molecule has 1 heterocycles. The molecule has 0 atom stereocenters. The molecule has 0 fully saturated rings. The predicted molar refractivity (Wildman–Crippen MR) is 118 cm³/mol. The zero-order valence-corrected chi connectivity index (χ0v) is 18.2. The van der Waals surface area contributed by atoms with E-state index in [0.717, 1.165) is 0 Å². The third-order valence-electron chi connectivity index (χ3n) is 4.45. The van der Waals surface area contributed by atoms with Gasteiger partial charge in [0.25, 0.3) is 10.0 Å². The van der Waals surface area contributed by atoms with E-state index in [-0.39, 0.29) is 28.7 Å². The van der Waals surface area contributed by atoms with Crippen LogP contribution in [0.25, 0.3) is 11.3 Å². The number of nitrogens with one attached hydrogen (secondary N) is 3. The van der Waals surface area contributed by atoms with Gasteiger partial charge in [-0.25, -0.2) is 13.2 Å². The predicted octanol–water partition coefficient (Wildman–Crippen LogP) is 3.93. The van der Waals surface area contributed by atoms with Crippen molar-refractivity contribution in [1.82, 2.24) is 4.98 Å². The van der Waals surface area contributed by atoms with Crippen LogP contribution in [0.5, 0.6) is 0 Å². The van der Waals surface area contributed by atoms with E-state index >= 15 is 0 Å². The number of hydrogen-bond acceptors (Lipinski definition) is 5. The maximum absolute atomic E-state index is 13.1. The lowest BCUT2D eigenvalue weighted by atomic mass is 10.1. The first-order valence-corrected chi connectivity index (χ1v) is 11.1. The average Bonchev–Trinajstić information content (AvgIpc) is 3.04. The molecule has 1 aromatic heterocycles. The Hall–Kier alpha value is -3.59. The molecule has 3 aromatic rings. The standard InChI is InChI=1S/C22H23N3O5S/c1-4-30-22(27)19-14(2)23-20(16-8-6-5-7-9-16)21(19)25-31(28,29)18-12-10-17(11-13-18)24-15(3)26/h5-13,23,25H,4H2,1-3H3,(H,24,26). The molecule has 3 rings (SSSR count). The van der Waals surface area contributed by atoms with E-state index in [0.29, 0.717) is 22.6 Å². The number of esters is 1. The van der Waals surface area contributed by atoms with Crippen molar-refractivity contribution in [1.29, 1.82) is 0 Å². The van der Waals surface area contributed by atoms with Gasteiger partial charge in [-0.05, 0) is 38.1 Å². The molecule has 2 aromatic carbocycles.